The number of aliphatic carboxylic acids is 1. The Morgan fingerprint density at radius 1 is 1.28 bits per heavy atom. The van der Waals surface area contributed by atoms with Gasteiger partial charge in [0.2, 0.25) is 0 Å². The van der Waals surface area contributed by atoms with E-state index in [0.29, 0.717) is 37.2 Å². The SMILES string of the molecule is CC(C)CC(CN)Cc1noc(=O)[nH]1.Cl.Cl.NCC1(CC(=O)O)C[C@H]2CC[C@H]2C1. The second-order valence-corrected chi connectivity index (χ2v) is 8.76. The molecular weight excluding hydrogens is 419 g/mol. The number of hydrogen-bond donors (Lipinski definition) is 4. The van der Waals surface area contributed by atoms with Gasteiger partial charge in [0.15, 0.2) is 5.82 Å². The second kappa shape index (κ2) is 12.6. The molecule has 3 rings (SSSR count). The number of carbonyl (C=O) groups is 1. The third-order valence-corrected chi connectivity index (χ3v) is 6.03. The van der Waals surface area contributed by atoms with E-state index in [1.165, 1.54) is 12.8 Å². The van der Waals surface area contributed by atoms with Crippen molar-refractivity contribution < 1.29 is 14.4 Å². The van der Waals surface area contributed by atoms with Crippen molar-refractivity contribution in [3.05, 3.63) is 16.4 Å². The minimum absolute atomic E-state index is 0. The van der Waals surface area contributed by atoms with Gasteiger partial charge in [-0.25, -0.2) is 4.79 Å². The highest BCUT2D eigenvalue weighted by atomic mass is 35.5. The quantitative estimate of drug-likeness (QED) is 0.471. The van der Waals surface area contributed by atoms with Crippen LogP contribution in [0, 0.1) is 29.1 Å². The topological polar surface area (TPSA) is 148 Å². The fraction of sp³-hybridized carbons (Fsp3) is 0.842. The molecule has 0 aliphatic heterocycles. The van der Waals surface area contributed by atoms with Crippen LogP contribution in [-0.2, 0) is 11.2 Å². The molecule has 1 aromatic heterocycles. The molecule has 2 aliphatic rings. The van der Waals surface area contributed by atoms with Crippen molar-refractivity contribution in [2.45, 2.75) is 58.8 Å². The van der Waals surface area contributed by atoms with Crippen molar-refractivity contribution >= 4 is 30.8 Å². The molecule has 2 unspecified atom stereocenters. The average molecular weight is 455 g/mol. The number of nitrogens with two attached hydrogens (primary N) is 2. The normalized spacial score (nSPS) is 25.6. The van der Waals surface area contributed by atoms with Crippen molar-refractivity contribution in [3.8, 4) is 0 Å². The summed E-state index contributed by atoms with van der Waals surface area (Å²) in [6.45, 7) is 5.45. The Kier molecular flexibility index (Phi) is 12.1. The lowest BCUT2D eigenvalue weighted by Crippen LogP contribution is -2.30. The zero-order chi connectivity index (χ0) is 20.0. The minimum atomic E-state index is -0.688. The fourth-order valence-electron chi connectivity index (χ4n) is 4.63. The van der Waals surface area contributed by atoms with Crippen LogP contribution in [0.3, 0.4) is 0 Å². The number of carboxylic acid groups (broad SMARTS) is 1. The third-order valence-electron chi connectivity index (χ3n) is 6.03. The first-order valence-corrected chi connectivity index (χ1v) is 9.93. The maximum absolute atomic E-state index is 10.7. The number of rotatable bonds is 8. The Bertz CT molecular complexity index is 653. The lowest BCUT2D eigenvalue weighted by Gasteiger charge is -2.29. The van der Waals surface area contributed by atoms with Gasteiger partial charge in [-0.3, -0.25) is 14.3 Å². The van der Waals surface area contributed by atoms with Crippen molar-refractivity contribution in [2.75, 3.05) is 13.1 Å². The van der Waals surface area contributed by atoms with E-state index in [1.807, 2.05) is 0 Å². The van der Waals surface area contributed by atoms with Crippen LogP contribution in [0.1, 0.15) is 58.2 Å². The van der Waals surface area contributed by atoms with Gasteiger partial charge in [0.05, 0.1) is 6.42 Å². The molecule has 2 aliphatic carbocycles. The second-order valence-electron chi connectivity index (χ2n) is 8.76. The smallest absolute Gasteiger partial charge is 0.438 e. The van der Waals surface area contributed by atoms with E-state index in [9.17, 15) is 9.59 Å². The van der Waals surface area contributed by atoms with Crippen LogP contribution in [0.25, 0.3) is 0 Å². The third kappa shape index (κ3) is 8.28. The van der Waals surface area contributed by atoms with E-state index in [-0.39, 0.29) is 36.6 Å². The van der Waals surface area contributed by atoms with Crippen LogP contribution >= 0.6 is 24.8 Å². The van der Waals surface area contributed by atoms with Crippen LogP contribution in [0.4, 0.5) is 0 Å². The first-order valence-electron chi connectivity index (χ1n) is 9.93. The van der Waals surface area contributed by atoms with Crippen molar-refractivity contribution in [2.24, 2.45) is 40.6 Å². The number of aromatic nitrogens is 2. The van der Waals surface area contributed by atoms with E-state index in [4.69, 9.17) is 16.6 Å². The van der Waals surface area contributed by atoms with Crippen molar-refractivity contribution in [1.29, 1.82) is 0 Å². The molecule has 8 nitrogen and oxygen atoms in total. The van der Waals surface area contributed by atoms with E-state index in [2.05, 4.69) is 28.5 Å². The molecule has 0 amide bonds. The standard InChI is InChI=1S/C10H17NO2.C9H17N3O2.2ClH/c11-6-10(5-9(12)13)3-7-1-2-8(7)4-10;1-6(2)3-7(5-10)4-8-11-9(13)14-12-8;;/h7-8H,1-6,11H2,(H,12,13);6-7H,3-5,10H2,1-2H3,(H,11,12,13);2*1H/t7-,8+,10?;;;. The van der Waals surface area contributed by atoms with Gasteiger partial charge in [0.1, 0.15) is 0 Å². The number of H-pyrrole nitrogens is 1. The van der Waals surface area contributed by atoms with Gasteiger partial charge in [-0.05, 0) is 74.3 Å². The maximum atomic E-state index is 10.7. The molecule has 0 radical (unpaired) electrons. The highest BCUT2D eigenvalue weighted by molar-refractivity contribution is 5.85. The van der Waals surface area contributed by atoms with Crippen molar-refractivity contribution in [3.63, 3.8) is 0 Å². The molecule has 29 heavy (non-hydrogen) atoms. The number of halogens is 2. The van der Waals surface area contributed by atoms with Gasteiger partial charge in [0, 0.05) is 6.42 Å². The highest BCUT2D eigenvalue weighted by Gasteiger charge is 2.49. The number of aromatic amines is 1. The predicted molar refractivity (Wildman–Crippen MR) is 117 cm³/mol. The van der Waals surface area contributed by atoms with Gasteiger partial charge in [-0.15, -0.1) is 24.8 Å². The number of fused-ring (bicyclic) bond motifs is 1. The zero-order valence-electron chi connectivity index (χ0n) is 17.3. The summed E-state index contributed by atoms with van der Waals surface area (Å²) >= 11 is 0. The first kappa shape index (κ1) is 27.9. The fourth-order valence-corrected chi connectivity index (χ4v) is 4.63. The van der Waals surface area contributed by atoms with E-state index in [1.54, 1.807) is 0 Å². The summed E-state index contributed by atoms with van der Waals surface area (Å²) in [4.78, 5) is 23.9. The summed E-state index contributed by atoms with van der Waals surface area (Å²) in [7, 11) is 0. The van der Waals surface area contributed by atoms with E-state index >= 15 is 0 Å². The average Bonchev–Trinajstić information content (AvgIpc) is 3.10. The first-order chi connectivity index (χ1) is 12.8. The molecule has 6 N–H and O–H groups in total. The van der Waals surface area contributed by atoms with E-state index in [0.717, 1.165) is 31.1 Å². The molecule has 1 heterocycles. The zero-order valence-corrected chi connectivity index (χ0v) is 18.9. The largest absolute Gasteiger partial charge is 0.481 e. The van der Waals surface area contributed by atoms with Crippen LogP contribution < -0.4 is 17.2 Å². The molecule has 2 saturated carbocycles. The van der Waals surface area contributed by atoms with Crippen LogP contribution in [0.5, 0.6) is 0 Å². The molecule has 0 saturated heterocycles. The Morgan fingerprint density at radius 3 is 2.21 bits per heavy atom. The van der Waals surface area contributed by atoms with Crippen LogP contribution in [-0.4, -0.2) is 34.3 Å². The highest BCUT2D eigenvalue weighted by Crippen LogP contribution is 2.56. The molecule has 0 spiro atoms. The summed E-state index contributed by atoms with van der Waals surface area (Å²) in [5.74, 6) is 1.95. The maximum Gasteiger partial charge on any atom is 0.438 e. The van der Waals surface area contributed by atoms with Gasteiger partial charge in [-0.2, -0.15) is 0 Å². The molecule has 10 heteroatoms. The van der Waals surface area contributed by atoms with Crippen LogP contribution in [0.2, 0.25) is 0 Å². The number of carboxylic acids is 1. The molecule has 0 bridgehead atoms. The van der Waals surface area contributed by atoms with Crippen LogP contribution in [0.15, 0.2) is 9.32 Å². The number of hydrogen-bond acceptors (Lipinski definition) is 6. The summed E-state index contributed by atoms with van der Waals surface area (Å²) < 4.78 is 4.41. The molecule has 170 valence electrons. The Hall–Kier alpha value is -1.09. The molecular formula is C19H36Cl2N4O4. The summed E-state index contributed by atoms with van der Waals surface area (Å²) in [5.41, 5.74) is 11.3. The van der Waals surface area contributed by atoms with Gasteiger partial charge < -0.3 is 16.6 Å². The monoisotopic (exact) mass is 454 g/mol. The molecule has 4 atom stereocenters. The molecule has 0 aromatic carbocycles. The van der Waals surface area contributed by atoms with Gasteiger partial charge in [0.25, 0.3) is 0 Å². The van der Waals surface area contributed by atoms with Gasteiger partial charge in [-0.1, -0.05) is 19.0 Å². The Labute approximate surface area is 184 Å². The Morgan fingerprint density at radius 2 is 1.86 bits per heavy atom. The Balaban J connectivity index is 0.000000506. The number of nitrogens with one attached hydrogen (secondary N) is 1. The lowest BCUT2D eigenvalue weighted by atomic mass is 9.77. The summed E-state index contributed by atoms with van der Waals surface area (Å²) in [6.07, 6.45) is 6.70. The van der Waals surface area contributed by atoms with Crippen molar-refractivity contribution in [1.82, 2.24) is 10.1 Å². The van der Waals surface area contributed by atoms with E-state index < -0.39 is 11.7 Å². The van der Waals surface area contributed by atoms with Gasteiger partial charge >= 0.3 is 11.7 Å². The summed E-state index contributed by atoms with van der Waals surface area (Å²) in [5, 5.41) is 12.4. The molecule has 2 fully saturated rings. The number of nitrogens with zero attached hydrogens (tertiary/aromatic N) is 1. The summed E-state index contributed by atoms with van der Waals surface area (Å²) in [6, 6.07) is 0. The minimum Gasteiger partial charge on any atom is -0.481 e. The predicted octanol–water partition coefficient (Wildman–Crippen LogP) is 2.60. The lowest BCUT2D eigenvalue weighted by molar-refractivity contribution is -0.139. The molecule has 1 aromatic rings.